The van der Waals surface area contributed by atoms with Crippen LogP contribution >= 0.6 is 0 Å². The first kappa shape index (κ1) is 10.9. The molecule has 1 rings (SSSR count). The lowest BCUT2D eigenvalue weighted by Gasteiger charge is -2.02. The van der Waals surface area contributed by atoms with Crippen LogP contribution in [0.4, 0.5) is 0 Å². The van der Waals surface area contributed by atoms with Gasteiger partial charge in [-0.3, -0.25) is 4.79 Å². The maximum Gasteiger partial charge on any atom is 0.274 e. The lowest BCUT2D eigenvalue weighted by atomic mass is 10.2. The zero-order valence-corrected chi connectivity index (χ0v) is 8.54. The van der Waals surface area contributed by atoms with Crippen molar-refractivity contribution in [2.45, 2.75) is 13.5 Å². The summed E-state index contributed by atoms with van der Waals surface area (Å²) in [6.45, 7) is 1.16. The molecule has 0 saturated carbocycles. The number of hydrogen-bond acceptors (Lipinski definition) is 3. The van der Waals surface area contributed by atoms with Gasteiger partial charge in [-0.2, -0.15) is 0 Å². The average Bonchev–Trinajstić information content (AvgIpc) is 2.16. The average molecular weight is 213 g/mol. The van der Waals surface area contributed by atoms with Crippen molar-refractivity contribution in [3.63, 3.8) is 0 Å². The lowest BCUT2D eigenvalue weighted by molar-refractivity contribution is -0.110. The quantitative estimate of drug-likeness (QED) is 0.802. The summed E-state index contributed by atoms with van der Waals surface area (Å²) in [5, 5.41) is -0.867. The summed E-state index contributed by atoms with van der Waals surface area (Å²) in [7, 11) is -3.79. The Balaban J connectivity index is 2.63. The molecule has 0 aliphatic rings. The molecule has 0 aromatic heterocycles. The summed E-state index contributed by atoms with van der Waals surface area (Å²) in [5.74, 6) is 0. The summed E-state index contributed by atoms with van der Waals surface area (Å²) in [4.78, 5) is 10.6. The topological polar surface area (TPSA) is 63.2 Å². The Morgan fingerprint density at radius 2 is 1.86 bits per heavy atom. The number of nitrogens with one attached hydrogen (secondary N) is 1. The smallest absolute Gasteiger partial charge is 0.274 e. The van der Waals surface area contributed by atoms with Crippen LogP contribution in [0.3, 0.4) is 0 Å². The van der Waals surface area contributed by atoms with Crippen LogP contribution in [0.5, 0.6) is 0 Å². The van der Waals surface area contributed by atoms with Gasteiger partial charge in [-0.25, -0.2) is 13.1 Å². The van der Waals surface area contributed by atoms with Crippen molar-refractivity contribution in [3.05, 3.63) is 35.9 Å². The Kier molecular flexibility index (Phi) is 3.38. The van der Waals surface area contributed by atoms with Crippen molar-refractivity contribution in [1.82, 2.24) is 4.72 Å². The van der Waals surface area contributed by atoms with Gasteiger partial charge in [0.25, 0.3) is 15.1 Å². The number of carbonyl (C=O) groups is 1. The molecule has 0 heterocycles. The van der Waals surface area contributed by atoms with Gasteiger partial charge >= 0.3 is 0 Å². The monoisotopic (exact) mass is 213 g/mol. The van der Waals surface area contributed by atoms with E-state index in [1.165, 1.54) is 0 Å². The van der Waals surface area contributed by atoms with Crippen LogP contribution in [0.1, 0.15) is 12.5 Å². The molecule has 1 aromatic rings. The van der Waals surface area contributed by atoms with Crippen LogP contribution in [-0.4, -0.2) is 13.5 Å². The van der Waals surface area contributed by atoms with E-state index in [2.05, 4.69) is 4.72 Å². The number of rotatable bonds is 3. The van der Waals surface area contributed by atoms with Gasteiger partial charge in [-0.05, 0) is 5.56 Å². The Bertz CT molecular complexity index is 411. The van der Waals surface area contributed by atoms with E-state index in [4.69, 9.17) is 0 Å². The van der Waals surface area contributed by atoms with Crippen LogP contribution in [0.15, 0.2) is 30.3 Å². The Hall–Kier alpha value is -1.20. The first-order valence-corrected chi connectivity index (χ1v) is 5.55. The molecule has 0 radical (unpaired) electrons. The molecule has 0 aliphatic heterocycles. The molecule has 0 saturated heterocycles. The van der Waals surface area contributed by atoms with Crippen molar-refractivity contribution in [2.24, 2.45) is 0 Å². The number of sulfonamides is 1. The van der Waals surface area contributed by atoms with E-state index in [0.717, 1.165) is 12.5 Å². The number of carbonyl (C=O) groups excluding carboxylic acids is 1. The molecule has 1 aromatic carbocycles. The first-order valence-electron chi connectivity index (χ1n) is 4.06. The van der Waals surface area contributed by atoms with Gasteiger partial charge in [0.15, 0.2) is 0 Å². The van der Waals surface area contributed by atoms with Crippen molar-refractivity contribution < 1.29 is 13.2 Å². The summed E-state index contributed by atoms with van der Waals surface area (Å²) in [6, 6.07) is 9.00. The van der Waals surface area contributed by atoms with Crippen molar-refractivity contribution in [2.75, 3.05) is 0 Å². The molecule has 0 unspecified atom stereocenters. The second kappa shape index (κ2) is 4.34. The molecule has 76 valence electrons. The molecular weight excluding hydrogens is 202 g/mol. The highest BCUT2D eigenvalue weighted by atomic mass is 32.2. The Labute approximate surface area is 83.0 Å². The lowest BCUT2D eigenvalue weighted by Crippen LogP contribution is -2.28. The molecule has 0 aliphatic carbocycles. The standard InChI is InChI=1S/C9H11NO3S/c1-8(11)14(12,13)10-7-9-5-3-2-4-6-9/h2-6,10H,7H2,1H3. The first-order chi connectivity index (χ1) is 6.52. The minimum atomic E-state index is -3.79. The maximum absolute atomic E-state index is 11.0. The van der Waals surface area contributed by atoms with E-state index < -0.39 is 15.1 Å². The minimum absolute atomic E-state index is 0.142. The molecule has 0 fully saturated rings. The summed E-state index contributed by atoms with van der Waals surface area (Å²) < 4.78 is 24.3. The van der Waals surface area contributed by atoms with E-state index in [1.54, 1.807) is 24.3 Å². The zero-order chi connectivity index (χ0) is 10.6. The number of benzene rings is 1. The molecule has 0 bridgehead atoms. The molecule has 0 spiro atoms. The van der Waals surface area contributed by atoms with E-state index >= 15 is 0 Å². The van der Waals surface area contributed by atoms with Gasteiger partial charge in [0.1, 0.15) is 0 Å². The van der Waals surface area contributed by atoms with E-state index in [1.807, 2.05) is 6.07 Å². The molecular formula is C9H11NO3S. The highest BCUT2D eigenvalue weighted by molar-refractivity contribution is 8.04. The molecule has 1 N–H and O–H groups in total. The minimum Gasteiger partial charge on any atom is -0.281 e. The summed E-state index contributed by atoms with van der Waals surface area (Å²) in [5.41, 5.74) is 0.817. The van der Waals surface area contributed by atoms with Crippen LogP contribution in [0.2, 0.25) is 0 Å². The van der Waals surface area contributed by atoms with Gasteiger partial charge in [0, 0.05) is 13.5 Å². The van der Waals surface area contributed by atoms with Gasteiger partial charge < -0.3 is 0 Å². The van der Waals surface area contributed by atoms with Gasteiger partial charge in [0.2, 0.25) is 0 Å². The van der Waals surface area contributed by atoms with Crippen molar-refractivity contribution in [1.29, 1.82) is 0 Å². The van der Waals surface area contributed by atoms with Crippen LogP contribution in [-0.2, 0) is 21.4 Å². The van der Waals surface area contributed by atoms with E-state index in [0.29, 0.717) is 0 Å². The second-order valence-electron chi connectivity index (χ2n) is 2.80. The summed E-state index contributed by atoms with van der Waals surface area (Å²) in [6.07, 6.45) is 0. The zero-order valence-electron chi connectivity index (χ0n) is 7.73. The summed E-state index contributed by atoms with van der Waals surface area (Å²) >= 11 is 0. The molecule has 14 heavy (non-hydrogen) atoms. The largest absolute Gasteiger partial charge is 0.281 e. The normalized spacial score (nSPS) is 11.2. The molecule has 0 atom stereocenters. The van der Waals surface area contributed by atoms with Gasteiger partial charge in [0.05, 0.1) is 0 Å². The fraction of sp³-hybridized carbons (Fsp3) is 0.222. The van der Waals surface area contributed by atoms with Crippen molar-refractivity contribution >= 4 is 15.1 Å². The van der Waals surface area contributed by atoms with E-state index in [-0.39, 0.29) is 6.54 Å². The molecule has 5 heteroatoms. The fourth-order valence-electron chi connectivity index (χ4n) is 0.876. The number of hydrogen-bond donors (Lipinski definition) is 1. The maximum atomic E-state index is 11.0. The highest BCUT2D eigenvalue weighted by Crippen LogP contribution is 1.98. The van der Waals surface area contributed by atoms with Crippen LogP contribution < -0.4 is 4.72 Å². The third-order valence-corrected chi connectivity index (χ3v) is 2.97. The Morgan fingerprint density at radius 1 is 1.29 bits per heavy atom. The highest BCUT2D eigenvalue weighted by Gasteiger charge is 2.15. The predicted molar refractivity (Wildman–Crippen MR) is 52.9 cm³/mol. The van der Waals surface area contributed by atoms with Gasteiger partial charge in [-0.15, -0.1) is 0 Å². The molecule has 0 amide bonds. The van der Waals surface area contributed by atoms with Crippen LogP contribution in [0, 0.1) is 0 Å². The van der Waals surface area contributed by atoms with Gasteiger partial charge in [-0.1, -0.05) is 30.3 Å². The predicted octanol–water partition coefficient (Wildman–Crippen LogP) is 0.652. The SMILES string of the molecule is CC(=O)S(=O)(=O)NCc1ccccc1. The third kappa shape index (κ3) is 2.93. The molecule has 4 nitrogen and oxygen atoms in total. The second-order valence-corrected chi connectivity index (χ2v) is 4.67. The van der Waals surface area contributed by atoms with Crippen LogP contribution in [0.25, 0.3) is 0 Å². The third-order valence-electron chi connectivity index (χ3n) is 1.69. The van der Waals surface area contributed by atoms with E-state index in [9.17, 15) is 13.2 Å². The van der Waals surface area contributed by atoms with Crippen molar-refractivity contribution in [3.8, 4) is 0 Å². The Morgan fingerprint density at radius 3 is 2.36 bits per heavy atom. The fourth-order valence-corrected chi connectivity index (χ4v) is 1.44.